The zero-order chi connectivity index (χ0) is 14.7. The molecule has 1 aliphatic heterocycles. The number of hydrogen-bond donors (Lipinski definition) is 1. The van der Waals surface area contributed by atoms with E-state index >= 15 is 0 Å². The van der Waals surface area contributed by atoms with Crippen LogP contribution in [0, 0.1) is 11.8 Å². The topological polar surface area (TPSA) is 35.2 Å². The molecule has 1 aliphatic carbocycles. The van der Waals surface area contributed by atoms with E-state index in [2.05, 4.69) is 37.3 Å². The molecule has 2 fully saturated rings. The summed E-state index contributed by atoms with van der Waals surface area (Å²) in [5, 5.41) is 0. The smallest absolute Gasteiger partial charge is 0.0475 e. The van der Waals surface area contributed by atoms with Crippen LogP contribution in [0.25, 0.3) is 0 Å². The van der Waals surface area contributed by atoms with Gasteiger partial charge < -0.3 is 10.5 Å². The van der Waals surface area contributed by atoms with Gasteiger partial charge in [0.2, 0.25) is 0 Å². The van der Waals surface area contributed by atoms with Gasteiger partial charge in [0, 0.05) is 24.7 Å². The molecule has 1 heterocycles. The van der Waals surface area contributed by atoms with Crippen LogP contribution >= 0.6 is 0 Å². The number of rotatable bonds is 3. The largest absolute Gasteiger partial charge is 0.381 e. The van der Waals surface area contributed by atoms with Gasteiger partial charge in [0.15, 0.2) is 0 Å². The van der Waals surface area contributed by atoms with Crippen LogP contribution in [0.3, 0.4) is 0 Å². The summed E-state index contributed by atoms with van der Waals surface area (Å²) in [5.41, 5.74) is 8.45. The standard InChI is InChI=1S/C19H29NO/c1-15-6-5-7-16(14-15)18(20)19(10-12-21-13-11-19)17-8-3-2-4-9-17/h2-4,8-9,15-16,18H,5-7,10-14,20H2,1H3. The van der Waals surface area contributed by atoms with E-state index in [1.807, 2.05) is 0 Å². The Labute approximate surface area is 129 Å². The summed E-state index contributed by atoms with van der Waals surface area (Å²) in [6.07, 6.45) is 7.48. The first-order chi connectivity index (χ1) is 10.2. The van der Waals surface area contributed by atoms with Gasteiger partial charge >= 0.3 is 0 Å². The molecule has 3 rings (SSSR count). The highest BCUT2D eigenvalue weighted by Crippen LogP contribution is 2.43. The van der Waals surface area contributed by atoms with Crippen LogP contribution < -0.4 is 5.73 Å². The van der Waals surface area contributed by atoms with E-state index in [1.165, 1.54) is 31.2 Å². The quantitative estimate of drug-likeness (QED) is 0.915. The van der Waals surface area contributed by atoms with Gasteiger partial charge in [-0.15, -0.1) is 0 Å². The highest BCUT2D eigenvalue weighted by Gasteiger charge is 2.43. The van der Waals surface area contributed by atoms with Gasteiger partial charge in [-0.1, -0.05) is 50.1 Å². The Morgan fingerprint density at radius 2 is 1.86 bits per heavy atom. The van der Waals surface area contributed by atoms with Gasteiger partial charge in [0.1, 0.15) is 0 Å². The first-order valence-electron chi connectivity index (χ1n) is 8.61. The lowest BCUT2D eigenvalue weighted by molar-refractivity contribution is 0.0254. The second kappa shape index (κ2) is 6.50. The maximum atomic E-state index is 6.90. The van der Waals surface area contributed by atoms with E-state index in [4.69, 9.17) is 10.5 Å². The third-order valence-electron chi connectivity index (χ3n) is 5.86. The second-order valence-electron chi connectivity index (χ2n) is 7.19. The zero-order valence-electron chi connectivity index (χ0n) is 13.3. The average molecular weight is 287 g/mol. The van der Waals surface area contributed by atoms with Crippen molar-refractivity contribution in [2.75, 3.05) is 13.2 Å². The molecule has 0 amide bonds. The van der Waals surface area contributed by atoms with Crippen molar-refractivity contribution in [3.8, 4) is 0 Å². The van der Waals surface area contributed by atoms with Crippen molar-refractivity contribution >= 4 is 0 Å². The Kier molecular flexibility index (Phi) is 4.66. The molecule has 0 aromatic heterocycles. The fourth-order valence-electron chi connectivity index (χ4n) is 4.58. The maximum Gasteiger partial charge on any atom is 0.0475 e. The second-order valence-corrected chi connectivity index (χ2v) is 7.19. The number of benzene rings is 1. The van der Waals surface area contributed by atoms with E-state index in [0.29, 0.717) is 5.92 Å². The summed E-state index contributed by atoms with van der Waals surface area (Å²) in [4.78, 5) is 0. The van der Waals surface area contributed by atoms with Crippen molar-refractivity contribution in [2.24, 2.45) is 17.6 Å². The SMILES string of the molecule is CC1CCCC(C(N)C2(c3ccccc3)CCOCC2)C1. The van der Waals surface area contributed by atoms with Crippen LogP contribution in [0.2, 0.25) is 0 Å². The van der Waals surface area contributed by atoms with E-state index < -0.39 is 0 Å². The normalized spacial score (nSPS) is 30.8. The van der Waals surface area contributed by atoms with Gasteiger partial charge in [-0.3, -0.25) is 0 Å². The molecule has 0 spiro atoms. The number of nitrogens with two attached hydrogens (primary N) is 1. The molecule has 21 heavy (non-hydrogen) atoms. The lowest BCUT2D eigenvalue weighted by Crippen LogP contribution is -2.53. The molecular weight excluding hydrogens is 258 g/mol. The Morgan fingerprint density at radius 1 is 1.14 bits per heavy atom. The number of hydrogen-bond acceptors (Lipinski definition) is 2. The van der Waals surface area contributed by atoms with Crippen molar-refractivity contribution in [2.45, 2.75) is 56.9 Å². The maximum absolute atomic E-state index is 6.90. The first kappa shape index (κ1) is 15.1. The van der Waals surface area contributed by atoms with Crippen LogP contribution in [0.4, 0.5) is 0 Å². The van der Waals surface area contributed by atoms with Crippen LogP contribution in [-0.2, 0) is 10.2 Å². The Hall–Kier alpha value is -0.860. The Bertz CT molecular complexity index is 438. The minimum absolute atomic E-state index is 0.126. The molecular formula is C19H29NO. The predicted octanol–water partition coefficient (Wildman–Crippen LogP) is 3.89. The fraction of sp³-hybridized carbons (Fsp3) is 0.684. The van der Waals surface area contributed by atoms with Crippen molar-refractivity contribution in [3.05, 3.63) is 35.9 Å². The highest BCUT2D eigenvalue weighted by molar-refractivity contribution is 5.29. The molecule has 3 atom stereocenters. The van der Waals surface area contributed by atoms with Gasteiger partial charge in [0.05, 0.1) is 0 Å². The van der Waals surface area contributed by atoms with Gasteiger partial charge in [-0.05, 0) is 43.1 Å². The molecule has 116 valence electrons. The third kappa shape index (κ3) is 3.02. The monoisotopic (exact) mass is 287 g/mol. The molecule has 1 aromatic carbocycles. The Balaban J connectivity index is 1.88. The van der Waals surface area contributed by atoms with Crippen LogP contribution in [-0.4, -0.2) is 19.3 Å². The lowest BCUT2D eigenvalue weighted by Gasteiger charge is -2.47. The number of ether oxygens (including phenoxy) is 1. The van der Waals surface area contributed by atoms with Gasteiger partial charge in [0.25, 0.3) is 0 Å². The van der Waals surface area contributed by atoms with Crippen LogP contribution in [0.5, 0.6) is 0 Å². The molecule has 1 aromatic rings. The first-order valence-corrected chi connectivity index (χ1v) is 8.61. The average Bonchev–Trinajstić information content (AvgIpc) is 2.55. The van der Waals surface area contributed by atoms with Crippen molar-refractivity contribution in [1.82, 2.24) is 0 Å². The Morgan fingerprint density at radius 3 is 2.52 bits per heavy atom. The summed E-state index contributed by atoms with van der Waals surface area (Å²) in [7, 11) is 0. The van der Waals surface area contributed by atoms with E-state index in [9.17, 15) is 0 Å². The van der Waals surface area contributed by atoms with E-state index in [-0.39, 0.29) is 11.5 Å². The summed E-state index contributed by atoms with van der Waals surface area (Å²) in [5.74, 6) is 1.51. The molecule has 1 saturated heterocycles. The van der Waals surface area contributed by atoms with Gasteiger partial charge in [-0.25, -0.2) is 0 Å². The molecule has 1 saturated carbocycles. The third-order valence-corrected chi connectivity index (χ3v) is 5.86. The summed E-state index contributed by atoms with van der Waals surface area (Å²) in [6.45, 7) is 4.09. The van der Waals surface area contributed by atoms with Crippen LogP contribution in [0.1, 0.15) is 51.0 Å². The van der Waals surface area contributed by atoms with Crippen molar-refractivity contribution in [1.29, 1.82) is 0 Å². The molecule has 0 radical (unpaired) electrons. The minimum atomic E-state index is 0.126. The summed E-state index contributed by atoms with van der Waals surface area (Å²) >= 11 is 0. The van der Waals surface area contributed by atoms with E-state index in [1.54, 1.807) is 0 Å². The molecule has 3 unspecified atom stereocenters. The fourth-order valence-corrected chi connectivity index (χ4v) is 4.58. The summed E-state index contributed by atoms with van der Waals surface area (Å²) < 4.78 is 5.65. The zero-order valence-corrected chi connectivity index (χ0v) is 13.3. The molecule has 0 bridgehead atoms. The molecule has 2 nitrogen and oxygen atoms in total. The highest BCUT2D eigenvalue weighted by atomic mass is 16.5. The molecule has 2 heteroatoms. The molecule has 2 N–H and O–H groups in total. The minimum Gasteiger partial charge on any atom is -0.381 e. The predicted molar refractivity (Wildman–Crippen MR) is 87.3 cm³/mol. The lowest BCUT2D eigenvalue weighted by atomic mass is 9.62. The summed E-state index contributed by atoms with van der Waals surface area (Å²) in [6, 6.07) is 11.2. The van der Waals surface area contributed by atoms with Crippen molar-refractivity contribution in [3.63, 3.8) is 0 Å². The van der Waals surface area contributed by atoms with Crippen LogP contribution in [0.15, 0.2) is 30.3 Å². The van der Waals surface area contributed by atoms with E-state index in [0.717, 1.165) is 32.0 Å². The molecule has 2 aliphatic rings. The van der Waals surface area contributed by atoms with Gasteiger partial charge in [-0.2, -0.15) is 0 Å². The van der Waals surface area contributed by atoms with Crippen molar-refractivity contribution < 1.29 is 4.74 Å².